The monoisotopic (exact) mass is 374 g/mol. The van der Waals surface area contributed by atoms with Crippen molar-refractivity contribution < 1.29 is 24.9 Å². The van der Waals surface area contributed by atoms with Gasteiger partial charge in [-0.15, -0.1) is 0 Å². The van der Waals surface area contributed by atoms with Crippen LogP contribution in [0, 0.1) is 22.7 Å². The van der Waals surface area contributed by atoms with Gasteiger partial charge in [-0.2, -0.15) is 0 Å². The van der Waals surface area contributed by atoms with Crippen molar-refractivity contribution in [2.75, 3.05) is 13.2 Å². The Morgan fingerprint density at radius 1 is 1.22 bits per heavy atom. The first-order chi connectivity index (χ1) is 12.7. The molecule has 0 aromatic carbocycles. The van der Waals surface area contributed by atoms with Crippen LogP contribution in [0.2, 0.25) is 0 Å². The molecule has 0 aromatic heterocycles. The molecule has 27 heavy (non-hydrogen) atoms. The molecule has 5 heteroatoms. The largest absolute Gasteiger partial charge is 0.504 e. The van der Waals surface area contributed by atoms with Gasteiger partial charge in [-0.1, -0.05) is 32.4 Å². The number of ketones is 2. The summed E-state index contributed by atoms with van der Waals surface area (Å²) in [6.07, 6.45) is 6.17. The molecule has 3 aliphatic carbocycles. The van der Waals surface area contributed by atoms with Gasteiger partial charge in [0.2, 0.25) is 5.78 Å². The number of allylic oxidation sites excluding steroid dienone is 4. The van der Waals surface area contributed by atoms with Crippen LogP contribution in [-0.2, 0) is 9.59 Å². The molecule has 0 saturated heterocycles. The van der Waals surface area contributed by atoms with Crippen LogP contribution in [0.3, 0.4) is 0 Å². The Labute approximate surface area is 160 Å². The summed E-state index contributed by atoms with van der Waals surface area (Å²) in [6.45, 7) is 8.18. The number of hydrogen-bond donors (Lipinski definition) is 3. The Morgan fingerprint density at radius 2 is 1.93 bits per heavy atom. The molecule has 5 nitrogen and oxygen atoms in total. The Kier molecular flexibility index (Phi) is 5.21. The zero-order valence-electron chi connectivity index (χ0n) is 16.3. The number of rotatable bonds is 4. The lowest BCUT2D eigenvalue weighted by Crippen LogP contribution is -2.52. The highest BCUT2D eigenvalue weighted by atomic mass is 16.3. The molecular formula is C22H30O5. The van der Waals surface area contributed by atoms with Gasteiger partial charge in [0.15, 0.2) is 11.5 Å². The maximum atomic E-state index is 12.5. The summed E-state index contributed by atoms with van der Waals surface area (Å²) in [7, 11) is 0. The van der Waals surface area contributed by atoms with Crippen molar-refractivity contribution in [3.63, 3.8) is 0 Å². The predicted octanol–water partition coefficient (Wildman–Crippen LogP) is 3.03. The van der Waals surface area contributed by atoms with Crippen molar-refractivity contribution in [3.8, 4) is 0 Å². The summed E-state index contributed by atoms with van der Waals surface area (Å²) in [5, 5.41) is 29.6. The van der Waals surface area contributed by atoms with Gasteiger partial charge in [-0.3, -0.25) is 9.59 Å². The van der Waals surface area contributed by atoms with Crippen molar-refractivity contribution in [3.05, 3.63) is 35.1 Å². The predicted molar refractivity (Wildman–Crippen MR) is 102 cm³/mol. The topological polar surface area (TPSA) is 94.8 Å². The number of Topliss-reactive ketones (excluding diaryl/α,β-unsaturated/α-hetero) is 1. The lowest BCUT2D eigenvalue weighted by Gasteiger charge is -2.58. The van der Waals surface area contributed by atoms with Crippen LogP contribution < -0.4 is 0 Å². The van der Waals surface area contributed by atoms with Gasteiger partial charge in [0.1, 0.15) is 0 Å². The van der Waals surface area contributed by atoms with Gasteiger partial charge in [0.05, 0.1) is 6.61 Å². The molecule has 0 aromatic rings. The average molecular weight is 374 g/mol. The van der Waals surface area contributed by atoms with E-state index in [0.717, 1.165) is 43.8 Å². The first kappa shape index (κ1) is 20.0. The Morgan fingerprint density at radius 3 is 2.56 bits per heavy atom. The molecule has 2 saturated carbocycles. The first-order valence-electron chi connectivity index (χ1n) is 9.79. The number of carbonyl (C=O) groups excluding carboxylic acids is 2. The van der Waals surface area contributed by atoms with Gasteiger partial charge in [0.25, 0.3) is 0 Å². The molecule has 0 heterocycles. The number of aliphatic hydroxyl groups excluding tert-OH is 3. The van der Waals surface area contributed by atoms with Crippen LogP contribution in [0.5, 0.6) is 0 Å². The number of aliphatic hydroxyl groups is 3. The molecule has 2 fully saturated rings. The lowest BCUT2D eigenvalue weighted by atomic mass is 9.46. The fourth-order valence-corrected chi connectivity index (χ4v) is 5.89. The van der Waals surface area contributed by atoms with E-state index in [4.69, 9.17) is 0 Å². The summed E-state index contributed by atoms with van der Waals surface area (Å²) in [4.78, 5) is 24.7. The first-order valence-corrected chi connectivity index (χ1v) is 9.79. The van der Waals surface area contributed by atoms with Crippen LogP contribution in [0.25, 0.3) is 0 Å². The van der Waals surface area contributed by atoms with E-state index < -0.39 is 23.9 Å². The Bertz CT molecular complexity index is 746. The SMILES string of the molecule is C=C1CC[C@H]2[C@@](C)(CO)CCC[C@@]2(C)[C@H]1CC1=C(O)C(=O)C(CO)=CC1=O. The zero-order valence-corrected chi connectivity index (χ0v) is 16.3. The second kappa shape index (κ2) is 7.02. The molecule has 0 radical (unpaired) electrons. The molecule has 0 spiro atoms. The third-order valence-electron chi connectivity index (χ3n) is 7.48. The zero-order chi connectivity index (χ0) is 20.0. The number of carbonyl (C=O) groups is 2. The van der Waals surface area contributed by atoms with Gasteiger partial charge in [-0.25, -0.2) is 0 Å². The van der Waals surface area contributed by atoms with E-state index in [0.29, 0.717) is 5.92 Å². The van der Waals surface area contributed by atoms with Crippen LogP contribution >= 0.6 is 0 Å². The van der Waals surface area contributed by atoms with Crippen LogP contribution in [0.4, 0.5) is 0 Å². The van der Waals surface area contributed by atoms with Crippen LogP contribution in [0.1, 0.15) is 52.4 Å². The van der Waals surface area contributed by atoms with Crippen molar-refractivity contribution in [1.29, 1.82) is 0 Å². The van der Waals surface area contributed by atoms with Gasteiger partial charge >= 0.3 is 0 Å². The normalized spacial score (nSPS) is 37.3. The molecule has 0 amide bonds. The molecule has 3 aliphatic rings. The highest BCUT2D eigenvalue weighted by molar-refractivity contribution is 6.21. The summed E-state index contributed by atoms with van der Waals surface area (Å²) in [5.41, 5.74) is 0.815. The van der Waals surface area contributed by atoms with E-state index >= 15 is 0 Å². The van der Waals surface area contributed by atoms with E-state index in [2.05, 4.69) is 20.4 Å². The standard InChI is InChI=1S/C22H30O5/c1-13-5-6-18-21(2,12-24)7-4-8-22(18,3)16(13)10-15-17(25)9-14(11-23)19(26)20(15)27/h9,16,18,23-24,27H,1,4-8,10-12H2,2-3H3/t16-,18-,21+,22-/m0/s1. The third kappa shape index (κ3) is 3.11. The van der Waals surface area contributed by atoms with Gasteiger partial charge < -0.3 is 15.3 Å². The van der Waals surface area contributed by atoms with Gasteiger partial charge in [0, 0.05) is 17.8 Å². The molecule has 3 rings (SSSR count). The Hall–Kier alpha value is -1.72. The van der Waals surface area contributed by atoms with Crippen LogP contribution in [-0.4, -0.2) is 40.1 Å². The smallest absolute Gasteiger partial charge is 0.226 e. The minimum atomic E-state index is -0.668. The van der Waals surface area contributed by atoms with Crippen molar-refractivity contribution in [2.24, 2.45) is 22.7 Å². The number of fused-ring (bicyclic) bond motifs is 1. The highest BCUT2D eigenvalue weighted by Gasteiger charge is 2.54. The minimum absolute atomic E-state index is 0.0274. The number of hydrogen-bond acceptors (Lipinski definition) is 5. The second-order valence-corrected chi connectivity index (χ2v) is 9.03. The summed E-state index contributed by atoms with van der Waals surface area (Å²) in [5.74, 6) is -1.33. The molecule has 3 N–H and O–H groups in total. The van der Waals surface area contributed by atoms with Crippen molar-refractivity contribution in [1.82, 2.24) is 0 Å². The van der Waals surface area contributed by atoms with Crippen molar-refractivity contribution in [2.45, 2.75) is 52.4 Å². The van der Waals surface area contributed by atoms with Gasteiger partial charge in [-0.05, 0) is 60.8 Å². The highest BCUT2D eigenvalue weighted by Crippen LogP contribution is 2.62. The summed E-state index contributed by atoms with van der Waals surface area (Å²) < 4.78 is 0. The Balaban J connectivity index is 1.96. The average Bonchev–Trinajstić information content (AvgIpc) is 2.63. The molecule has 0 unspecified atom stereocenters. The maximum absolute atomic E-state index is 12.5. The van der Waals surface area contributed by atoms with E-state index in [1.165, 1.54) is 0 Å². The minimum Gasteiger partial charge on any atom is -0.504 e. The van der Waals surface area contributed by atoms with E-state index in [1.54, 1.807) is 0 Å². The van der Waals surface area contributed by atoms with E-state index in [1.807, 2.05) is 0 Å². The molecule has 0 aliphatic heterocycles. The quantitative estimate of drug-likeness (QED) is 0.519. The summed E-state index contributed by atoms with van der Waals surface area (Å²) in [6, 6.07) is 0. The summed E-state index contributed by atoms with van der Waals surface area (Å²) >= 11 is 0. The maximum Gasteiger partial charge on any atom is 0.226 e. The lowest BCUT2D eigenvalue weighted by molar-refractivity contribution is -0.118. The third-order valence-corrected chi connectivity index (χ3v) is 7.48. The molecule has 148 valence electrons. The van der Waals surface area contributed by atoms with Crippen molar-refractivity contribution >= 4 is 11.6 Å². The molecule has 0 bridgehead atoms. The fourth-order valence-electron chi connectivity index (χ4n) is 5.89. The molecular weight excluding hydrogens is 344 g/mol. The second-order valence-electron chi connectivity index (χ2n) is 9.03. The fraction of sp³-hybridized carbons (Fsp3) is 0.636. The molecule has 4 atom stereocenters. The van der Waals surface area contributed by atoms with Crippen LogP contribution in [0.15, 0.2) is 35.1 Å². The van der Waals surface area contributed by atoms with E-state index in [9.17, 15) is 24.9 Å². The van der Waals surface area contributed by atoms with E-state index in [-0.39, 0.29) is 40.9 Å².